The third-order valence-corrected chi connectivity index (χ3v) is 3.50. The predicted molar refractivity (Wildman–Crippen MR) is 78.2 cm³/mol. The maximum absolute atomic E-state index is 9.24. The number of halogens is 1. The highest BCUT2D eigenvalue weighted by molar-refractivity contribution is 6.29. The van der Waals surface area contributed by atoms with E-state index >= 15 is 0 Å². The third-order valence-electron chi connectivity index (χ3n) is 3.30. The Labute approximate surface area is 122 Å². The van der Waals surface area contributed by atoms with Crippen LogP contribution in [0.5, 0.6) is 0 Å². The Morgan fingerprint density at radius 2 is 2.15 bits per heavy atom. The van der Waals surface area contributed by atoms with Gasteiger partial charge in [-0.15, -0.1) is 0 Å². The van der Waals surface area contributed by atoms with Gasteiger partial charge < -0.3 is 5.32 Å². The van der Waals surface area contributed by atoms with Crippen LogP contribution in [-0.2, 0) is 0 Å². The Balaban J connectivity index is 1.95. The van der Waals surface area contributed by atoms with E-state index < -0.39 is 0 Å². The number of rotatable bonds is 3. The Bertz CT molecular complexity index is 702. The first kappa shape index (κ1) is 12.9. The van der Waals surface area contributed by atoms with Crippen LogP contribution < -0.4 is 5.32 Å². The van der Waals surface area contributed by atoms with Crippen molar-refractivity contribution in [1.29, 1.82) is 5.26 Å². The molecule has 1 aliphatic rings. The van der Waals surface area contributed by atoms with E-state index in [1.54, 1.807) is 6.07 Å². The molecule has 100 valence electrons. The number of nitrogens with zero attached hydrogens (tertiary/aromatic N) is 3. The number of benzene rings is 1. The minimum absolute atomic E-state index is 0.426. The largest absolute Gasteiger partial charge is 0.339 e. The maximum atomic E-state index is 9.24. The summed E-state index contributed by atoms with van der Waals surface area (Å²) >= 11 is 6.04. The van der Waals surface area contributed by atoms with E-state index in [0.717, 1.165) is 29.9 Å². The van der Waals surface area contributed by atoms with Crippen molar-refractivity contribution in [2.24, 2.45) is 0 Å². The van der Waals surface area contributed by atoms with Crippen molar-refractivity contribution in [3.05, 3.63) is 46.4 Å². The zero-order valence-electron chi connectivity index (χ0n) is 11.0. The highest BCUT2D eigenvalue weighted by atomic mass is 35.5. The van der Waals surface area contributed by atoms with E-state index in [1.807, 2.05) is 25.1 Å². The van der Waals surface area contributed by atoms with Crippen molar-refractivity contribution < 1.29 is 0 Å². The second kappa shape index (κ2) is 5.10. The SMILES string of the molecule is Cc1cccc(Nc2cc(Cl)nc(C3CC3)n2)c1C#N. The van der Waals surface area contributed by atoms with Crippen LogP contribution in [0.2, 0.25) is 5.15 Å². The molecule has 0 aliphatic heterocycles. The molecule has 1 fully saturated rings. The van der Waals surface area contributed by atoms with Crippen molar-refractivity contribution in [2.45, 2.75) is 25.7 Å². The summed E-state index contributed by atoms with van der Waals surface area (Å²) in [7, 11) is 0. The molecule has 1 saturated carbocycles. The number of nitrogens with one attached hydrogen (secondary N) is 1. The standard InChI is InChI=1S/C15H13ClN4/c1-9-3-2-4-12(11(9)8-17)18-14-7-13(16)19-15(20-14)10-5-6-10/h2-4,7,10H,5-6H2,1H3,(H,18,19,20). The van der Waals surface area contributed by atoms with Crippen molar-refractivity contribution in [3.8, 4) is 6.07 Å². The van der Waals surface area contributed by atoms with E-state index in [-0.39, 0.29) is 0 Å². The highest BCUT2D eigenvalue weighted by Crippen LogP contribution is 2.39. The lowest BCUT2D eigenvalue weighted by molar-refractivity contribution is 0.930. The number of anilines is 2. The summed E-state index contributed by atoms with van der Waals surface area (Å²) in [4.78, 5) is 8.73. The van der Waals surface area contributed by atoms with Gasteiger partial charge in [0.25, 0.3) is 0 Å². The molecule has 0 radical (unpaired) electrons. The minimum atomic E-state index is 0.426. The zero-order valence-corrected chi connectivity index (χ0v) is 11.8. The monoisotopic (exact) mass is 284 g/mol. The lowest BCUT2D eigenvalue weighted by Crippen LogP contribution is -2.01. The van der Waals surface area contributed by atoms with E-state index in [2.05, 4.69) is 21.4 Å². The second-order valence-corrected chi connectivity index (χ2v) is 5.33. The first-order valence-electron chi connectivity index (χ1n) is 6.48. The molecule has 2 aromatic rings. The maximum Gasteiger partial charge on any atom is 0.135 e. The average molecular weight is 285 g/mol. The number of hydrogen-bond acceptors (Lipinski definition) is 4. The summed E-state index contributed by atoms with van der Waals surface area (Å²) in [5.41, 5.74) is 2.29. The van der Waals surface area contributed by atoms with Crippen LogP contribution in [0.4, 0.5) is 11.5 Å². The predicted octanol–water partition coefficient (Wildman–Crippen LogP) is 3.93. The molecule has 0 bridgehead atoms. The molecular formula is C15H13ClN4. The van der Waals surface area contributed by atoms with Crippen LogP contribution >= 0.6 is 11.6 Å². The number of nitriles is 1. The first-order chi connectivity index (χ1) is 9.67. The summed E-state index contributed by atoms with van der Waals surface area (Å²) in [6.45, 7) is 1.91. The fraction of sp³-hybridized carbons (Fsp3) is 0.267. The van der Waals surface area contributed by atoms with Crippen molar-refractivity contribution in [2.75, 3.05) is 5.32 Å². The highest BCUT2D eigenvalue weighted by Gasteiger charge is 2.27. The van der Waals surface area contributed by atoms with Crippen molar-refractivity contribution in [1.82, 2.24) is 9.97 Å². The van der Waals surface area contributed by atoms with E-state index in [9.17, 15) is 5.26 Å². The molecule has 0 saturated heterocycles. The van der Waals surface area contributed by atoms with Gasteiger partial charge in [0.2, 0.25) is 0 Å². The van der Waals surface area contributed by atoms with Crippen LogP contribution in [0.1, 0.15) is 35.7 Å². The van der Waals surface area contributed by atoms with E-state index in [1.165, 1.54) is 0 Å². The molecule has 1 heterocycles. The quantitative estimate of drug-likeness (QED) is 0.868. The summed E-state index contributed by atoms with van der Waals surface area (Å²) in [5.74, 6) is 1.85. The number of aromatic nitrogens is 2. The number of aryl methyl sites for hydroxylation is 1. The molecule has 1 aliphatic carbocycles. The van der Waals surface area contributed by atoms with Gasteiger partial charge in [-0.3, -0.25) is 0 Å². The Morgan fingerprint density at radius 3 is 2.85 bits per heavy atom. The third kappa shape index (κ3) is 2.59. The van der Waals surface area contributed by atoms with Crippen molar-refractivity contribution >= 4 is 23.1 Å². The molecule has 0 amide bonds. The van der Waals surface area contributed by atoms with Crippen LogP contribution in [-0.4, -0.2) is 9.97 Å². The molecule has 1 aromatic heterocycles. The molecule has 0 unspecified atom stereocenters. The second-order valence-electron chi connectivity index (χ2n) is 4.94. The molecule has 4 nitrogen and oxygen atoms in total. The summed E-state index contributed by atoms with van der Waals surface area (Å²) < 4.78 is 0. The molecule has 1 N–H and O–H groups in total. The van der Waals surface area contributed by atoms with Gasteiger partial charge in [0.1, 0.15) is 22.9 Å². The van der Waals surface area contributed by atoms with Gasteiger partial charge >= 0.3 is 0 Å². The molecule has 1 aromatic carbocycles. The topological polar surface area (TPSA) is 61.6 Å². The molecule has 5 heteroatoms. The van der Waals surface area contributed by atoms with Gasteiger partial charge in [0, 0.05) is 12.0 Å². The van der Waals surface area contributed by atoms with Gasteiger partial charge in [0.15, 0.2) is 0 Å². The smallest absolute Gasteiger partial charge is 0.135 e. The summed E-state index contributed by atoms with van der Waals surface area (Å²) in [5, 5.41) is 12.8. The van der Waals surface area contributed by atoms with E-state index in [4.69, 9.17) is 11.6 Å². The van der Waals surface area contributed by atoms with Crippen LogP contribution in [0.3, 0.4) is 0 Å². The average Bonchev–Trinajstić information content (AvgIpc) is 3.22. The normalized spacial score (nSPS) is 13.8. The van der Waals surface area contributed by atoms with Gasteiger partial charge in [-0.1, -0.05) is 23.7 Å². The molecule has 3 rings (SSSR count). The van der Waals surface area contributed by atoms with Crippen molar-refractivity contribution in [3.63, 3.8) is 0 Å². The minimum Gasteiger partial charge on any atom is -0.339 e. The lowest BCUT2D eigenvalue weighted by Gasteiger charge is -2.10. The Hall–Kier alpha value is -2.12. The Kier molecular flexibility index (Phi) is 3.29. The fourth-order valence-electron chi connectivity index (χ4n) is 2.08. The first-order valence-corrected chi connectivity index (χ1v) is 6.86. The van der Waals surface area contributed by atoms with Gasteiger partial charge in [-0.2, -0.15) is 5.26 Å². The lowest BCUT2D eigenvalue weighted by atomic mass is 10.1. The van der Waals surface area contributed by atoms with Crippen LogP contribution in [0.15, 0.2) is 24.3 Å². The van der Waals surface area contributed by atoms with Gasteiger partial charge in [0.05, 0.1) is 11.3 Å². The Morgan fingerprint density at radius 1 is 1.35 bits per heavy atom. The van der Waals surface area contributed by atoms with E-state index in [0.29, 0.717) is 22.5 Å². The number of hydrogen-bond donors (Lipinski definition) is 1. The molecule has 20 heavy (non-hydrogen) atoms. The molecule has 0 atom stereocenters. The van der Waals surface area contributed by atoms with Gasteiger partial charge in [-0.05, 0) is 31.4 Å². The van der Waals surface area contributed by atoms with Crippen LogP contribution in [0.25, 0.3) is 0 Å². The summed E-state index contributed by atoms with van der Waals surface area (Å²) in [6.07, 6.45) is 2.24. The molecular weight excluding hydrogens is 272 g/mol. The van der Waals surface area contributed by atoms with Gasteiger partial charge in [-0.25, -0.2) is 9.97 Å². The molecule has 0 spiro atoms. The van der Waals surface area contributed by atoms with Crippen LogP contribution in [0, 0.1) is 18.3 Å². The zero-order chi connectivity index (χ0) is 14.1. The summed E-state index contributed by atoms with van der Waals surface area (Å²) in [6, 6.07) is 9.56. The fourth-order valence-corrected chi connectivity index (χ4v) is 2.27.